The molecule has 0 aliphatic rings. The van der Waals surface area contributed by atoms with Gasteiger partial charge in [-0.3, -0.25) is 4.79 Å². The molecule has 2 rings (SSSR count). The van der Waals surface area contributed by atoms with Gasteiger partial charge < -0.3 is 10.1 Å². The lowest BCUT2D eigenvalue weighted by molar-refractivity contribution is -0.111. The second-order valence-electron chi connectivity index (χ2n) is 5.61. The predicted octanol–water partition coefficient (Wildman–Crippen LogP) is 5.78. The molecule has 5 heteroatoms. The van der Waals surface area contributed by atoms with Crippen molar-refractivity contribution in [3.05, 3.63) is 63.6 Å². The van der Waals surface area contributed by atoms with Crippen molar-refractivity contribution in [2.45, 2.75) is 19.8 Å². The summed E-state index contributed by atoms with van der Waals surface area (Å²) in [4.78, 5) is 12.1. The minimum Gasteiger partial charge on any atom is -0.495 e. The predicted molar refractivity (Wildman–Crippen MR) is 101 cm³/mol. The Labute approximate surface area is 152 Å². The topological polar surface area (TPSA) is 38.3 Å². The lowest BCUT2D eigenvalue weighted by atomic mass is 10.0. The average Bonchev–Trinajstić information content (AvgIpc) is 2.53. The number of carbonyl (C=O) groups is 1. The molecule has 0 aliphatic heterocycles. The first-order valence-electron chi connectivity index (χ1n) is 7.52. The number of hydrogen-bond acceptors (Lipinski definition) is 2. The van der Waals surface area contributed by atoms with E-state index in [1.807, 2.05) is 24.3 Å². The molecule has 0 aliphatic carbocycles. The minimum atomic E-state index is -0.245. The summed E-state index contributed by atoms with van der Waals surface area (Å²) < 4.78 is 5.24. The number of methoxy groups -OCH3 is 1. The van der Waals surface area contributed by atoms with E-state index in [2.05, 4.69) is 19.2 Å². The molecule has 0 radical (unpaired) electrons. The number of rotatable bonds is 5. The van der Waals surface area contributed by atoms with Crippen LogP contribution in [-0.4, -0.2) is 13.0 Å². The van der Waals surface area contributed by atoms with Gasteiger partial charge in [0.15, 0.2) is 0 Å². The van der Waals surface area contributed by atoms with Crippen molar-refractivity contribution in [1.29, 1.82) is 0 Å². The maximum atomic E-state index is 12.1. The van der Waals surface area contributed by atoms with E-state index in [1.54, 1.807) is 18.2 Å². The van der Waals surface area contributed by atoms with Crippen molar-refractivity contribution in [2.75, 3.05) is 12.4 Å². The molecule has 0 heterocycles. The summed E-state index contributed by atoms with van der Waals surface area (Å²) in [6, 6.07) is 11.1. The minimum absolute atomic E-state index is 0.245. The van der Waals surface area contributed by atoms with Crippen LogP contribution in [0, 0.1) is 0 Å². The molecule has 3 nitrogen and oxygen atoms in total. The zero-order valence-corrected chi connectivity index (χ0v) is 15.3. The maximum absolute atomic E-state index is 12.1. The second-order valence-corrected chi connectivity index (χ2v) is 6.45. The molecule has 126 valence electrons. The fourth-order valence-corrected chi connectivity index (χ4v) is 2.81. The number of ether oxygens (including phenoxy) is 1. The SMILES string of the molecule is COc1c(Cl)cc(Cl)cc1/C=C/C(=O)Nc1ccc(C(C)C)cc1. The molecule has 0 fully saturated rings. The average molecular weight is 364 g/mol. The number of carbonyl (C=O) groups excluding carboxylic acids is 1. The third kappa shape index (κ3) is 4.76. The Morgan fingerprint density at radius 1 is 1.17 bits per heavy atom. The van der Waals surface area contributed by atoms with Crippen LogP contribution in [-0.2, 0) is 4.79 Å². The molecule has 1 amide bonds. The molecule has 0 saturated carbocycles. The van der Waals surface area contributed by atoms with Crippen molar-refractivity contribution in [1.82, 2.24) is 0 Å². The first-order chi connectivity index (χ1) is 11.4. The van der Waals surface area contributed by atoms with Gasteiger partial charge in [-0.25, -0.2) is 0 Å². The quantitative estimate of drug-likeness (QED) is 0.683. The van der Waals surface area contributed by atoms with E-state index in [0.717, 1.165) is 5.69 Å². The van der Waals surface area contributed by atoms with Crippen molar-refractivity contribution in [3.63, 3.8) is 0 Å². The number of anilines is 1. The van der Waals surface area contributed by atoms with Crippen molar-refractivity contribution >= 4 is 40.9 Å². The van der Waals surface area contributed by atoms with Gasteiger partial charge in [0.05, 0.1) is 12.1 Å². The normalized spacial score (nSPS) is 11.1. The van der Waals surface area contributed by atoms with E-state index in [-0.39, 0.29) is 5.91 Å². The highest BCUT2D eigenvalue weighted by Crippen LogP contribution is 2.33. The lowest BCUT2D eigenvalue weighted by Gasteiger charge is -2.08. The number of nitrogens with one attached hydrogen (secondary N) is 1. The Bertz CT molecular complexity index is 753. The van der Waals surface area contributed by atoms with Gasteiger partial charge in [-0.2, -0.15) is 0 Å². The van der Waals surface area contributed by atoms with Gasteiger partial charge in [0.1, 0.15) is 5.75 Å². The van der Waals surface area contributed by atoms with Crippen LogP contribution >= 0.6 is 23.2 Å². The van der Waals surface area contributed by atoms with Crippen LogP contribution in [0.1, 0.15) is 30.9 Å². The Kier molecular flexibility index (Phi) is 6.29. The van der Waals surface area contributed by atoms with E-state index in [1.165, 1.54) is 18.7 Å². The van der Waals surface area contributed by atoms with E-state index < -0.39 is 0 Å². The highest BCUT2D eigenvalue weighted by molar-refractivity contribution is 6.36. The summed E-state index contributed by atoms with van der Waals surface area (Å²) in [7, 11) is 1.52. The van der Waals surface area contributed by atoms with E-state index in [4.69, 9.17) is 27.9 Å². The fourth-order valence-electron chi connectivity index (χ4n) is 2.22. The molecule has 0 unspecified atom stereocenters. The molecule has 1 N–H and O–H groups in total. The van der Waals surface area contributed by atoms with Gasteiger partial charge >= 0.3 is 0 Å². The third-order valence-corrected chi connectivity index (χ3v) is 4.00. The molecule has 0 atom stereocenters. The standard InChI is InChI=1S/C19H19Cl2NO2/c1-12(2)13-4-7-16(8-5-13)22-18(23)9-6-14-10-15(20)11-17(21)19(14)24-3/h4-12H,1-3H3,(H,22,23)/b9-6+. The van der Waals surface area contributed by atoms with E-state index in [9.17, 15) is 4.79 Å². The summed E-state index contributed by atoms with van der Waals surface area (Å²) in [6.45, 7) is 4.25. The van der Waals surface area contributed by atoms with Gasteiger partial charge in [-0.1, -0.05) is 49.2 Å². The number of hydrogen-bond donors (Lipinski definition) is 1. The summed E-state index contributed by atoms with van der Waals surface area (Å²) in [5, 5.41) is 3.69. The molecule has 0 bridgehead atoms. The lowest BCUT2D eigenvalue weighted by Crippen LogP contribution is -2.07. The first kappa shape index (κ1) is 18.4. The number of amides is 1. The zero-order chi connectivity index (χ0) is 17.7. The molecular formula is C19H19Cl2NO2. The smallest absolute Gasteiger partial charge is 0.248 e. The Hall–Kier alpha value is -1.97. The van der Waals surface area contributed by atoms with E-state index >= 15 is 0 Å². The van der Waals surface area contributed by atoms with E-state index in [0.29, 0.717) is 27.3 Å². The zero-order valence-electron chi connectivity index (χ0n) is 13.8. The third-order valence-electron chi connectivity index (χ3n) is 3.50. The van der Waals surface area contributed by atoms with Gasteiger partial charge in [0, 0.05) is 22.3 Å². The monoisotopic (exact) mass is 363 g/mol. The summed E-state index contributed by atoms with van der Waals surface area (Å²) in [5.41, 5.74) is 2.60. The molecule has 0 aromatic heterocycles. The fraction of sp³-hybridized carbons (Fsp3) is 0.211. The molecule has 24 heavy (non-hydrogen) atoms. The van der Waals surface area contributed by atoms with Crippen LogP contribution in [0.4, 0.5) is 5.69 Å². The van der Waals surface area contributed by atoms with Crippen LogP contribution in [0.3, 0.4) is 0 Å². The van der Waals surface area contributed by atoms with Gasteiger partial charge in [-0.05, 0) is 41.8 Å². The highest BCUT2D eigenvalue weighted by atomic mass is 35.5. The maximum Gasteiger partial charge on any atom is 0.248 e. The Morgan fingerprint density at radius 3 is 2.42 bits per heavy atom. The molecule has 0 spiro atoms. The van der Waals surface area contributed by atoms with Gasteiger partial charge in [0.2, 0.25) is 5.91 Å². The second kappa shape index (κ2) is 8.22. The van der Waals surface area contributed by atoms with Crippen molar-refractivity contribution < 1.29 is 9.53 Å². The molecular weight excluding hydrogens is 345 g/mol. The van der Waals surface area contributed by atoms with Crippen LogP contribution in [0.25, 0.3) is 6.08 Å². The van der Waals surface area contributed by atoms with Crippen LogP contribution in [0.5, 0.6) is 5.75 Å². The number of halogens is 2. The largest absolute Gasteiger partial charge is 0.495 e. The molecule has 2 aromatic rings. The Morgan fingerprint density at radius 2 is 1.83 bits per heavy atom. The van der Waals surface area contributed by atoms with Crippen molar-refractivity contribution in [2.24, 2.45) is 0 Å². The summed E-state index contributed by atoms with van der Waals surface area (Å²) in [6.07, 6.45) is 3.04. The Balaban J connectivity index is 2.11. The van der Waals surface area contributed by atoms with Crippen LogP contribution < -0.4 is 10.1 Å². The van der Waals surface area contributed by atoms with Gasteiger partial charge in [-0.15, -0.1) is 0 Å². The molecule has 2 aromatic carbocycles. The van der Waals surface area contributed by atoms with Crippen molar-refractivity contribution in [3.8, 4) is 5.75 Å². The van der Waals surface area contributed by atoms with Crippen LogP contribution in [0.15, 0.2) is 42.5 Å². The summed E-state index contributed by atoms with van der Waals surface area (Å²) >= 11 is 12.1. The summed E-state index contributed by atoms with van der Waals surface area (Å²) in [5.74, 6) is 0.687. The van der Waals surface area contributed by atoms with Crippen LogP contribution in [0.2, 0.25) is 10.0 Å². The molecule has 0 saturated heterocycles. The first-order valence-corrected chi connectivity index (χ1v) is 8.28. The van der Waals surface area contributed by atoms with Gasteiger partial charge in [0.25, 0.3) is 0 Å². The highest BCUT2D eigenvalue weighted by Gasteiger charge is 2.08. The number of benzene rings is 2.